The minimum absolute atomic E-state index is 0.0146. The van der Waals surface area contributed by atoms with Crippen molar-refractivity contribution in [3.8, 4) is 11.4 Å². The predicted molar refractivity (Wildman–Crippen MR) is 90.9 cm³/mol. The van der Waals surface area contributed by atoms with Crippen LogP contribution in [0, 0.1) is 0 Å². The molecule has 3 aromatic rings. The number of aromatic nitrogens is 3. The van der Waals surface area contributed by atoms with Gasteiger partial charge in [-0.3, -0.25) is 14.6 Å². The van der Waals surface area contributed by atoms with Gasteiger partial charge in [0.2, 0.25) is 17.6 Å². The second-order valence-corrected chi connectivity index (χ2v) is 5.43. The number of anilines is 1. The van der Waals surface area contributed by atoms with Crippen molar-refractivity contribution in [1.29, 1.82) is 0 Å². The Morgan fingerprint density at radius 3 is 2.48 bits per heavy atom. The maximum atomic E-state index is 12.0. The van der Waals surface area contributed by atoms with E-state index in [1.807, 2.05) is 0 Å². The molecule has 0 fully saturated rings. The van der Waals surface area contributed by atoms with Crippen LogP contribution in [-0.2, 0) is 11.2 Å². The van der Waals surface area contributed by atoms with E-state index in [0.29, 0.717) is 29.4 Å². The molecule has 2 aromatic heterocycles. The molecule has 0 bridgehead atoms. The largest absolute Gasteiger partial charge is 0.339 e. The van der Waals surface area contributed by atoms with Gasteiger partial charge in [-0.1, -0.05) is 5.16 Å². The molecule has 7 nitrogen and oxygen atoms in total. The molecule has 1 N–H and O–H groups in total. The smallest absolute Gasteiger partial charge is 0.227 e. The van der Waals surface area contributed by atoms with Crippen molar-refractivity contribution in [1.82, 2.24) is 15.1 Å². The lowest BCUT2D eigenvalue weighted by atomic mass is 10.1. The van der Waals surface area contributed by atoms with Crippen LogP contribution in [0.2, 0.25) is 0 Å². The van der Waals surface area contributed by atoms with Gasteiger partial charge in [0.1, 0.15) is 0 Å². The number of aryl methyl sites for hydroxylation is 1. The van der Waals surface area contributed by atoms with Crippen LogP contribution in [0.15, 0.2) is 53.3 Å². The number of carbonyl (C=O) groups excluding carboxylic acids is 2. The molecule has 2 heterocycles. The Morgan fingerprint density at radius 2 is 1.80 bits per heavy atom. The zero-order valence-electron chi connectivity index (χ0n) is 13.6. The fourth-order valence-corrected chi connectivity index (χ4v) is 2.21. The van der Waals surface area contributed by atoms with Gasteiger partial charge in [0.15, 0.2) is 5.78 Å². The first kappa shape index (κ1) is 16.5. The number of carbonyl (C=O) groups is 2. The monoisotopic (exact) mass is 336 g/mol. The van der Waals surface area contributed by atoms with Crippen molar-refractivity contribution in [2.24, 2.45) is 0 Å². The lowest BCUT2D eigenvalue weighted by Crippen LogP contribution is -2.12. The van der Waals surface area contributed by atoms with Crippen LogP contribution in [0.1, 0.15) is 29.6 Å². The van der Waals surface area contributed by atoms with Crippen LogP contribution in [0.5, 0.6) is 0 Å². The first-order valence-corrected chi connectivity index (χ1v) is 7.75. The van der Waals surface area contributed by atoms with Gasteiger partial charge in [0.25, 0.3) is 0 Å². The second-order valence-electron chi connectivity index (χ2n) is 5.43. The topological polar surface area (TPSA) is 98.0 Å². The molecule has 7 heteroatoms. The summed E-state index contributed by atoms with van der Waals surface area (Å²) >= 11 is 0. The van der Waals surface area contributed by atoms with Crippen LogP contribution < -0.4 is 5.32 Å². The minimum atomic E-state index is -0.167. The van der Waals surface area contributed by atoms with Crippen molar-refractivity contribution in [2.75, 3.05) is 5.32 Å². The van der Waals surface area contributed by atoms with Gasteiger partial charge >= 0.3 is 0 Å². The van der Waals surface area contributed by atoms with Crippen molar-refractivity contribution in [2.45, 2.75) is 19.8 Å². The van der Waals surface area contributed by atoms with E-state index in [4.69, 9.17) is 4.52 Å². The highest BCUT2D eigenvalue weighted by atomic mass is 16.5. The van der Waals surface area contributed by atoms with Gasteiger partial charge in [-0.15, -0.1) is 0 Å². The number of nitrogens with one attached hydrogen (secondary N) is 1. The van der Waals surface area contributed by atoms with Crippen LogP contribution in [0.3, 0.4) is 0 Å². The van der Waals surface area contributed by atoms with E-state index >= 15 is 0 Å². The number of ketones is 1. The number of rotatable bonds is 6. The van der Waals surface area contributed by atoms with Gasteiger partial charge < -0.3 is 9.84 Å². The van der Waals surface area contributed by atoms with Gasteiger partial charge in [0.05, 0.1) is 0 Å². The summed E-state index contributed by atoms with van der Waals surface area (Å²) in [6, 6.07) is 10.3. The molecule has 0 unspecified atom stereocenters. The van der Waals surface area contributed by atoms with E-state index in [0.717, 1.165) is 5.56 Å². The van der Waals surface area contributed by atoms with E-state index in [9.17, 15) is 9.59 Å². The van der Waals surface area contributed by atoms with E-state index < -0.39 is 0 Å². The molecule has 0 atom stereocenters. The maximum absolute atomic E-state index is 12.0. The summed E-state index contributed by atoms with van der Waals surface area (Å²) in [5.74, 6) is 0.685. The Morgan fingerprint density at radius 1 is 1.08 bits per heavy atom. The Balaban J connectivity index is 1.54. The summed E-state index contributed by atoms with van der Waals surface area (Å²) in [6.07, 6.45) is 3.86. The Labute approximate surface area is 144 Å². The molecule has 0 radical (unpaired) electrons. The third kappa shape index (κ3) is 4.35. The SMILES string of the molecule is CC(=O)c1ccc(NC(=O)CCc2nc(-c3ccncc3)no2)cc1. The summed E-state index contributed by atoms with van der Waals surface area (Å²) in [5, 5.41) is 6.67. The summed E-state index contributed by atoms with van der Waals surface area (Å²) < 4.78 is 5.16. The standard InChI is InChI=1S/C18H16N4O3/c1-12(23)13-2-4-15(5-3-13)20-16(24)6-7-17-21-18(22-25-17)14-8-10-19-11-9-14/h2-5,8-11H,6-7H2,1H3,(H,20,24). The molecule has 126 valence electrons. The highest BCUT2D eigenvalue weighted by molar-refractivity contribution is 5.95. The molecule has 1 amide bonds. The number of hydrogen-bond acceptors (Lipinski definition) is 6. The van der Waals surface area contributed by atoms with E-state index in [2.05, 4.69) is 20.4 Å². The van der Waals surface area contributed by atoms with Crippen molar-refractivity contribution in [3.05, 3.63) is 60.2 Å². The van der Waals surface area contributed by atoms with E-state index in [-0.39, 0.29) is 18.1 Å². The first-order valence-electron chi connectivity index (χ1n) is 7.75. The zero-order chi connectivity index (χ0) is 17.6. The molecule has 0 spiro atoms. The normalized spacial score (nSPS) is 10.4. The molecule has 3 rings (SSSR count). The van der Waals surface area contributed by atoms with Crippen LogP contribution in [0.4, 0.5) is 5.69 Å². The number of Topliss-reactive ketones (excluding diaryl/α,β-unsaturated/α-hetero) is 1. The number of amides is 1. The molecule has 0 aliphatic carbocycles. The predicted octanol–water partition coefficient (Wildman–Crippen LogP) is 2.91. The fourth-order valence-electron chi connectivity index (χ4n) is 2.21. The second kappa shape index (κ2) is 7.48. The molecule has 0 aliphatic rings. The maximum Gasteiger partial charge on any atom is 0.227 e. The molecule has 0 aliphatic heterocycles. The summed E-state index contributed by atoms with van der Waals surface area (Å²) in [6.45, 7) is 1.50. The lowest BCUT2D eigenvalue weighted by molar-refractivity contribution is -0.116. The molecule has 25 heavy (non-hydrogen) atoms. The Kier molecular flexibility index (Phi) is 4.94. The molecular formula is C18H16N4O3. The van der Waals surface area contributed by atoms with Crippen LogP contribution in [0.25, 0.3) is 11.4 Å². The average molecular weight is 336 g/mol. The van der Waals surface area contributed by atoms with Gasteiger partial charge in [-0.2, -0.15) is 4.98 Å². The quantitative estimate of drug-likeness (QED) is 0.695. The summed E-state index contributed by atoms with van der Waals surface area (Å²) in [4.78, 5) is 31.4. The van der Waals surface area contributed by atoms with Gasteiger partial charge in [0, 0.05) is 42.0 Å². The number of pyridine rings is 1. The van der Waals surface area contributed by atoms with E-state index in [1.165, 1.54) is 6.92 Å². The summed E-state index contributed by atoms with van der Waals surface area (Å²) in [5.41, 5.74) is 2.05. The van der Waals surface area contributed by atoms with Gasteiger partial charge in [-0.25, -0.2) is 0 Å². The Bertz CT molecular complexity index is 873. The van der Waals surface area contributed by atoms with Gasteiger partial charge in [-0.05, 0) is 43.3 Å². The van der Waals surface area contributed by atoms with Crippen molar-refractivity contribution < 1.29 is 14.1 Å². The lowest BCUT2D eigenvalue weighted by Gasteiger charge is -2.04. The van der Waals surface area contributed by atoms with Crippen LogP contribution >= 0.6 is 0 Å². The first-order chi connectivity index (χ1) is 12.1. The van der Waals surface area contributed by atoms with E-state index in [1.54, 1.807) is 48.8 Å². The molecule has 0 saturated carbocycles. The molecular weight excluding hydrogens is 320 g/mol. The van der Waals surface area contributed by atoms with Crippen molar-refractivity contribution in [3.63, 3.8) is 0 Å². The number of nitrogens with zero attached hydrogens (tertiary/aromatic N) is 3. The fraction of sp³-hybridized carbons (Fsp3) is 0.167. The minimum Gasteiger partial charge on any atom is -0.339 e. The molecule has 0 saturated heterocycles. The third-order valence-corrected chi connectivity index (χ3v) is 3.55. The molecule has 1 aromatic carbocycles. The van der Waals surface area contributed by atoms with Crippen molar-refractivity contribution >= 4 is 17.4 Å². The Hall–Kier alpha value is -3.35. The highest BCUT2D eigenvalue weighted by Gasteiger charge is 2.11. The zero-order valence-corrected chi connectivity index (χ0v) is 13.6. The third-order valence-electron chi connectivity index (χ3n) is 3.55. The number of benzene rings is 1. The van der Waals surface area contributed by atoms with Crippen LogP contribution in [-0.4, -0.2) is 26.8 Å². The average Bonchev–Trinajstić information content (AvgIpc) is 3.10. The number of hydrogen-bond donors (Lipinski definition) is 1. The summed E-state index contributed by atoms with van der Waals surface area (Å²) in [7, 11) is 0. The highest BCUT2D eigenvalue weighted by Crippen LogP contribution is 2.15.